The van der Waals surface area contributed by atoms with Crippen molar-refractivity contribution in [1.82, 2.24) is 10.2 Å². The Hall–Kier alpha value is -1.94. The molecule has 1 N–H and O–H groups in total. The number of nitrogens with zero attached hydrogens (tertiary/aromatic N) is 2. The molecule has 1 heterocycles. The third kappa shape index (κ3) is 4.53. The van der Waals surface area contributed by atoms with Crippen LogP contribution in [0.25, 0.3) is 0 Å². The third-order valence-corrected chi connectivity index (χ3v) is 3.42. The number of rotatable bonds is 7. The summed E-state index contributed by atoms with van der Waals surface area (Å²) in [6.07, 6.45) is 1.04. The maximum atomic E-state index is 5.64. The topological polar surface area (TPSA) is 47.0 Å². The number of benzene rings is 1. The Morgan fingerprint density at radius 1 is 1.10 bits per heavy atom. The zero-order valence-corrected chi connectivity index (χ0v) is 13.0. The molecule has 0 atom stereocenters. The minimum absolute atomic E-state index is 0.657. The first-order valence-electron chi connectivity index (χ1n) is 7.40. The molecule has 1 aromatic heterocycles. The number of ether oxygens (including phenoxy) is 1. The average molecular weight is 285 g/mol. The van der Waals surface area contributed by atoms with Gasteiger partial charge in [0.25, 0.3) is 0 Å². The van der Waals surface area contributed by atoms with Crippen LogP contribution >= 0.6 is 0 Å². The van der Waals surface area contributed by atoms with E-state index >= 15 is 0 Å². The molecular formula is C17H23N3O. The highest BCUT2D eigenvalue weighted by atomic mass is 16.5. The van der Waals surface area contributed by atoms with E-state index in [-0.39, 0.29) is 0 Å². The molecule has 0 fully saturated rings. The van der Waals surface area contributed by atoms with Crippen molar-refractivity contribution in [3.63, 3.8) is 0 Å². The number of aromatic nitrogens is 2. The Balaban J connectivity index is 2.00. The van der Waals surface area contributed by atoms with Gasteiger partial charge in [-0.3, -0.25) is 0 Å². The Bertz CT molecular complexity index is 584. The summed E-state index contributed by atoms with van der Waals surface area (Å²) < 4.78 is 5.64. The van der Waals surface area contributed by atoms with Crippen LogP contribution < -0.4 is 5.32 Å². The number of hydrogen-bond donors (Lipinski definition) is 1. The molecule has 21 heavy (non-hydrogen) atoms. The molecule has 0 bridgehead atoms. The van der Waals surface area contributed by atoms with Gasteiger partial charge < -0.3 is 10.1 Å². The summed E-state index contributed by atoms with van der Waals surface area (Å²) in [7, 11) is 0. The van der Waals surface area contributed by atoms with E-state index in [1.165, 1.54) is 11.1 Å². The van der Waals surface area contributed by atoms with Crippen LogP contribution in [0.1, 0.15) is 35.7 Å². The minimum atomic E-state index is 0.657. The second-order valence-electron chi connectivity index (χ2n) is 5.17. The molecule has 2 aromatic rings. The smallest absolute Gasteiger partial charge is 0.149 e. The van der Waals surface area contributed by atoms with Gasteiger partial charge in [-0.05, 0) is 43.0 Å². The van der Waals surface area contributed by atoms with Crippen LogP contribution in [-0.2, 0) is 17.9 Å². The molecule has 0 radical (unpaired) electrons. The van der Waals surface area contributed by atoms with Gasteiger partial charge in [0.15, 0.2) is 0 Å². The molecule has 4 heteroatoms. The lowest BCUT2D eigenvalue weighted by Crippen LogP contribution is -2.07. The Morgan fingerprint density at radius 3 is 2.57 bits per heavy atom. The first kappa shape index (κ1) is 15.4. The lowest BCUT2D eigenvalue weighted by Gasteiger charge is -2.11. The maximum absolute atomic E-state index is 5.64. The number of anilines is 1. The fraction of sp³-hybridized carbons (Fsp3) is 0.412. The van der Waals surface area contributed by atoms with Gasteiger partial charge in [-0.1, -0.05) is 31.2 Å². The van der Waals surface area contributed by atoms with E-state index in [0.717, 1.165) is 36.6 Å². The zero-order valence-electron chi connectivity index (χ0n) is 13.0. The average Bonchev–Trinajstić information content (AvgIpc) is 2.50. The molecule has 0 aliphatic rings. The van der Waals surface area contributed by atoms with Crippen LogP contribution in [0, 0.1) is 13.8 Å². The van der Waals surface area contributed by atoms with Gasteiger partial charge in [-0.25, -0.2) is 0 Å². The van der Waals surface area contributed by atoms with Crippen LogP contribution in [0.2, 0.25) is 0 Å². The van der Waals surface area contributed by atoms with E-state index in [4.69, 9.17) is 4.74 Å². The van der Waals surface area contributed by atoms with Gasteiger partial charge >= 0.3 is 0 Å². The summed E-state index contributed by atoms with van der Waals surface area (Å²) >= 11 is 0. The molecule has 0 aliphatic carbocycles. The second kappa shape index (κ2) is 7.74. The Kier molecular flexibility index (Phi) is 5.69. The summed E-state index contributed by atoms with van der Waals surface area (Å²) in [5, 5.41) is 11.6. The summed E-state index contributed by atoms with van der Waals surface area (Å²) in [5.74, 6) is 0.808. The second-order valence-corrected chi connectivity index (χ2v) is 5.17. The molecule has 2 rings (SSSR count). The standard InChI is InChI=1S/C17H23N3O/c1-4-9-21-12-16-8-6-5-7-15(16)11-18-17-10-13(2)14(3)19-20-17/h5-8,10H,4,9,11-12H2,1-3H3,(H,18,20). The normalized spacial score (nSPS) is 10.6. The highest BCUT2D eigenvalue weighted by molar-refractivity contribution is 5.39. The van der Waals surface area contributed by atoms with Gasteiger partial charge in [-0.15, -0.1) is 5.10 Å². The van der Waals surface area contributed by atoms with Crippen LogP contribution in [0.3, 0.4) is 0 Å². The van der Waals surface area contributed by atoms with Crippen molar-refractivity contribution >= 4 is 5.82 Å². The van der Waals surface area contributed by atoms with Gasteiger partial charge in [0.05, 0.1) is 12.3 Å². The van der Waals surface area contributed by atoms with Crippen LogP contribution in [0.5, 0.6) is 0 Å². The van der Waals surface area contributed by atoms with Gasteiger partial charge in [-0.2, -0.15) is 5.10 Å². The largest absolute Gasteiger partial charge is 0.377 e. The summed E-state index contributed by atoms with van der Waals surface area (Å²) in [5.41, 5.74) is 4.56. The number of nitrogens with one attached hydrogen (secondary N) is 1. The summed E-state index contributed by atoms with van der Waals surface area (Å²) in [6, 6.07) is 10.3. The molecule has 112 valence electrons. The highest BCUT2D eigenvalue weighted by Crippen LogP contribution is 2.14. The van der Waals surface area contributed by atoms with Crippen molar-refractivity contribution in [2.75, 3.05) is 11.9 Å². The lowest BCUT2D eigenvalue weighted by atomic mass is 10.1. The Labute approximate surface area is 126 Å². The number of hydrogen-bond acceptors (Lipinski definition) is 4. The van der Waals surface area contributed by atoms with Crippen molar-refractivity contribution in [3.8, 4) is 0 Å². The summed E-state index contributed by atoms with van der Waals surface area (Å²) in [4.78, 5) is 0. The Morgan fingerprint density at radius 2 is 1.86 bits per heavy atom. The first-order valence-corrected chi connectivity index (χ1v) is 7.40. The third-order valence-electron chi connectivity index (χ3n) is 3.42. The van der Waals surface area contributed by atoms with Crippen LogP contribution in [0.4, 0.5) is 5.82 Å². The monoisotopic (exact) mass is 285 g/mol. The lowest BCUT2D eigenvalue weighted by molar-refractivity contribution is 0.121. The maximum Gasteiger partial charge on any atom is 0.149 e. The first-order chi connectivity index (χ1) is 10.2. The summed E-state index contributed by atoms with van der Waals surface area (Å²) in [6.45, 7) is 8.30. The highest BCUT2D eigenvalue weighted by Gasteiger charge is 2.04. The van der Waals surface area contributed by atoms with Gasteiger partial charge in [0.1, 0.15) is 5.82 Å². The molecule has 0 spiro atoms. The molecule has 4 nitrogen and oxygen atoms in total. The predicted molar refractivity (Wildman–Crippen MR) is 85.2 cm³/mol. The molecule has 0 saturated carbocycles. The van der Waals surface area contributed by atoms with Crippen molar-refractivity contribution in [3.05, 3.63) is 52.7 Å². The molecule has 0 aliphatic heterocycles. The van der Waals surface area contributed by atoms with Gasteiger partial charge in [0.2, 0.25) is 0 Å². The van der Waals surface area contributed by atoms with Crippen LogP contribution in [-0.4, -0.2) is 16.8 Å². The van der Waals surface area contributed by atoms with Crippen LogP contribution in [0.15, 0.2) is 30.3 Å². The van der Waals surface area contributed by atoms with Gasteiger partial charge in [0, 0.05) is 13.2 Å². The van der Waals surface area contributed by atoms with E-state index in [0.29, 0.717) is 6.61 Å². The van der Waals surface area contributed by atoms with Crippen molar-refractivity contribution in [1.29, 1.82) is 0 Å². The molecule has 0 unspecified atom stereocenters. The molecule has 1 aromatic carbocycles. The molecule has 0 saturated heterocycles. The van der Waals surface area contributed by atoms with E-state index in [2.05, 4.69) is 34.6 Å². The SMILES string of the molecule is CCCOCc1ccccc1CNc1cc(C)c(C)nn1. The number of aryl methyl sites for hydroxylation is 2. The molecule has 0 amide bonds. The van der Waals surface area contributed by atoms with E-state index in [9.17, 15) is 0 Å². The van der Waals surface area contributed by atoms with Crippen molar-refractivity contribution < 1.29 is 4.74 Å². The minimum Gasteiger partial charge on any atom is -0.377 e. The van der Waals surface area contributed by atoms with Crippen molar-refractivity contribution in [2.45, 2.75) is 40.3 Å². The van der Waals surface area contributed by atoms with E-state index < -0.39 is 0 Å². The molecular weight excluding hydrogens is 262 g/mol. The fourth-order valence-corrected chi connectivity index (χ4v) is 2.02. The van der Waals surface area contributed by atoms with E-state index in [1.54, 1.807) is 0 Å². The zero-order chi connectivity index (χ0) is 15.1. The van der Waals surface area contributed by atoms with Crippen molar-refractivity contribution in [2.24, 2.45) is 0 Å². The van der Waals surface area contributed by atoms with E-state index in [1.807, 2.05) is 32.0 Å². The fourth-order valence-electron chi connectivity index (χ4n) is 2.02. The predicted octanol–water partition coefficient (Wildman–Crippen LogP) is 3.63. The quantitative estimate of drug-likeness (QED) is 0.789.